The molecule has 0 fully saturated rings. The molecule has 2 rings (SSSR count). The first-order valence-electron chi connectivity index (χ1n) is 5.31. The number of H-pyrrole nitrogens is 1. The molecule has 0 bridgehead atoms. The van der Waals surface area contributed by atoms with Crippen molar-refractivity contribution >= 4 is 11.6 Å². The standard InChI is InChI=1S/C13H14ClNO/c14-11-5-3-10(4-6-11)12(7-9-16)13-2-1-8-15-13/h1-6,8,12,15-16H,7,9H2. The molecule has 2 N–H and O–H groups in total. The van der Waals surface area contributed by atoms with Crippen LogP contribution in [0.4, 0.5) is 0 Å². The maximum absolute atomic E-state index is 9.11. The number of hydrogen-bond acceptors (Lipinski definition) is 1. The number of hydrogen-bond donors (Lipinski definition) is 2. The fourth-order valence-electron chi connectivity index (χ4n) is 1.89. The van der Waals surface area contributed by atoms with E-state index in [1.54, 1.807) is 0 Å². The van der Waals surface area contributed by atoms with Gasteiger partial charge in [0, 0.05) is 29.4 Å². The van der Waals surface area contributed by atoms with Crippen LogP contribution in [0.3, 0.4) is 0 Å². The molecular formula is C13H14ClNO. The smallest absolute Gasteiger partial charge is 0.0440 e. The average molecular weight is 236 g/mol. The Kier molecular flexibility index (Phi) is 3.65. The van der Waals surface area contributed by atoms with Crippen molar-refractivity contribution in [3.05, 3.63) is 58.9 Å². The fourth-order valence-corrected chi connectivity index (χ4v) is 2.01. The third-order valence-electron chi connectivity index (χ3n) is 2.69. The Bertz CT molecular complexity index is 422. The van der Waals surface area contributed by atoms with Crippen molar-refractivity contribution in [3.63, 3.8) is 0 Å². The van der Waals surface area contributed by atoms with Crippen molar-refractivity contribution in [1.82, 2.24) is 4.98 Å². The molecule has 0 aliphatic carbocycles. The number of nitrogens with one attached hydrogen (secondary N) is 1. The zero-order chi connectivity index (χ0) is 11.4. The Morgan fingerprint density at radius 3 is 2.50 bits per heavy atom. The van der Waals surface area contributed by atoms with E-state index in [1.165, 1.54) is 5.56 Å². The predicted octanol–water partition coefficient (Wildman–Crippen LogP) is 3.18. The molecule has 1 aromatic carbocycles. The molecule has 84 valence electrons. The first kappa shape index (κ1) is 11.2. The van der Waals surface area contributed by atoms with Crippen LogP contribution in [0, 0.1) is 0 Å². The summed E-state index contributed by atoms with van der Waals surface area (Å²) in [5.74, 6) is 0.206. The third kappa shape index (κ3) is 2.46. The van der Waals surface area contributed by atoms with Gasteiger partial charge in [0.15, 0.2) is 0 Å². The number of halogens is 1. The minimum absolute atomic E-state index is 0.173. The number of aromatic nitrogens is 1. The molecule has 2 aromatic rings. The van der Waals surface area contributed by atoms with Crippen LogP contribution in [0.5, 0.6) is 0 Å². The summed E-state index contributed by atoms with van der Waals surface area (Å²) in [6.07, 6.45) is 2.61. The Balaban J connectivity index is 2.29. The number of aromatic amines is 1. The molecule has 0 amide bonds. The van der Waals surface area contributed by atoms with Crippen LogP contribution in [0.1, 0.15) is 23.6 Å². The van der Waals surface area contributed by atoms with Crippen LogP contribution in [0.25, 0.3) is 0 Å². The van der Waals surface area contributed by atoms with E-state index in [0.717, 1.165) is 10.7 Å². The van der Waals surface area contributed by atoms with E-state index in [1.807, 2.05) is 42.6 Å². The molecule has 1 atom stereocenters. The van der Waals surface area contributed by atoms with E-state index < -0.39 is 0 Å². The van der Waals surface area contributed by atoms with Crippen molar-refractivity contribution in [3.8, 4) is 0 Å². The zero-order valence-corrected chi connectivity index (χ0v) is 9.61. The van der Waals surface area contributed by atoms with Gasteiger partial charge >= 0.3 is 0 Å². The molecule has 3 heteroatoms. The van der Waals surface area contributed by atoms with E-state index in [4.69, 9.17) is 16.7 Å². The van der Waals surface area contributed by atoms with Gasteiger partial charge in [0.25, 0.3) is 0 Å². The van der Waals surface area contributed by atoms with Gasteiger partial charge in [-0.1, -0.05) is 23.7 Å². The second kappa shape index (κ2) is 5.19. The maximum Gasteiger partial charge on any atom is 0.0440 e. The zero-order valence-electron chi connectivity index (χ0n) is 8.86. The minimum atomic E-state index is 0.173. The van der Waals surface area contributed by atoms with E-state index >= 15 is 0 Å². The van der Waals surface area contributed by atoms with Gasteiger partial charge in [-0.25, -0.2) is 0 Å². The summed E-state index contributed by atoms with van der Waals surface area (Å²) >= 11 is 5.86. The molecule has 0 radical (unpaired) electrons. The second-order valence-corrected chi connectivity index (χ2v) is 4.18. The van der Waals surface area contributed by atoms with Gasteiger partial charge in [-0.3, -0.25) is 0 Å². The predicted molar refractivity (Wildman–Crippen MR) is 65.8 cm³/mol. The quantitative estimate of drug-likeness (QED) is 0.839. The molecule has 0 spiro atoms. The van der Waals surface area contributed by atoms with Crippen molar-refractivity contribution in [2.24, 2.45) is 0 Å². The minimum Gasteiger partial charge on any atom is -0.396 e. The number of aliphatic hydroxyl groups excluding tert-OH is 1. The van der Waals surface area contributed by atoms with Gasteiger partial charge in [-0.2, -0.15) is 0 Å². The summed E-state index contributed by atoms with van der Waals surface area (Å²) in [6.45, 7) is 0.173. The Morgan fingerprint density at radius 2 is 1.94 bits per heavy atom. The van der Waals surface area contributed by atoms with Crippen LogP contribution in [-0.4, -0.2) is 16.7 Å². The van der Waals surface area contributed by atoms with Crippen LogP contribution < -0.4 is 0 Å². The topological polar surface area (TPSA) is 36.0 Å². The lowest BCUT2D eigenvalue weighted by Crippen LogP contribution is -2.03. The lowest BCUT2D eigenvalue weighted by atomic mass is 9.93. The second-order valence-electron chi connectivity index (χ2n) is 3.74. The fraction of sp³-hybridized carbons (Fsp3) is 0.231. The summed E-state index contributed by atoms with van der Waals surface area (Å²) in [4.78, 5) is 3.19. The molecule has 0 aliphatic heterocycles. The molecule has 0 saturated carbocycles. The normalized spacial score (nSPS) is 12.6. The molecule has 0 saturated heterocycles. The Labute approximate surface area is 99.9 Å². The monoisotopic (exact) mass is 235 g/mol. The summed E-state index contributed by atoms with van der Waals surface area (Å²) in [7, 11) is 0. The Hall–Kier alpha value is -1.25. The van der Waals surface area contributed by atoms with Crippen LogP contribution >= 0.6 is 11.6 Å². The summed E-state index contributed by atoms with van der Waals surface area (Å²) in [5, 5.41) is 9.85. The highest BCUT2D eigenvalue weighted by molar-refractivity contribution is 6.30. The van der Waals surface area contributed by atoms with Crippen LogP contribution in [0.15, 0.2) is 42.6 Å². The number of rotatable bonds is 4. The van der Waals surface area contributed by atoms with Crippen LogP contribution in [0.2, 0.25) is 5.02 Å². The van der Waals surface area contributed by atoms with Gasteiger partial charge in [0.2, 0.25) is 0 Å². The molecule has 2 nitrogen and oxygen atoms in total. The highest BCUT2D eigenvalue weighted by atomic mass is 35.5. The molecule has 1 unspecified atom stereocenters. The van der Waals surface area contributed by atoms with Crippen molar-refractivity contribution in [2.45, 2.75) is 12.3 Å². The van der Waals surface area contributed by atoms with E-state index in [9.17, 15) is 0 Å². The molecule has 16 heavy (non-hydrogen) atoms. The number of benzene rings is 1. The first-order chi connectivity index (χ1) is 7.81. The first-order valence-corrected chi connectivity index (χ1v) is 5.68. The highest BCUT2D eigenvalue weighted by Gasteiger charge is 2.13. The van der Waals surface area contributed by atoms with Crippen molar-refractivity contribution in [1.29, 1.82) is 0 Å². The van der Waals surface area contributed by atoms with Gasteiger partial charge < -0.3 is 10.1 Å². The van der Waals surface area contributed by atoms with Gasteiger partial charge in [0.05, 0.1) is 0 Å². The molecule has 1 heterocycles. The van der Waals surface area contributed by atoms with Crippen molar-refractivity contribution in [2.75, 3.05) is 6.61 Å². The SMILES string of the molecule is OCCC(c1ccc(Cl)cc1)c1ccc[nH]1. The van der Waals surface area contributed by atoms with Gasteiger partial charge in [-0.15, -0.1) is 0 Å². The molecule has 1 aromatic heterocycles. The largest absolute Gasteiger partial charge is 0.396 e. The van der Waals surface area contributed by atoms with E-state index in [2.05, 4.69) is 4.98 Å². The molecule has 0 aliphatic rings. The summed E-state index contributed by atoms with van der Waals surface area (Å²) in [6, 6.07) is 11.8. The maximum atomic E-state index is 9.11. The highest BCUT2D eigenvalue weighted by Crippen LogP contribution is 2.27. The van der Waals surface area contributed by atoms with Gasteiger partial charge in [0.1, 0.15) is 0 Å². The average Bonchev–Trinajstić information content (AvgIpc) is 2.81. The van der Waals surface area contributed by atoms with Crippen LogP contribution in [-0.2, 0) is 0 Å². The number of aliphatic hydroxyl groups is 1. The Morgan fingerprint density at radius 1 is 1.19 bits per heavy atom. The third-order valence-corrected chi connectivity index (χ3v) is 2.94. The lowest BCUT2D eigenvalue weighted by molar-refractivity contribution is 0.281. The van der Waals surface area contributed by atoms with Gasteiger partial charge in [-0.05, 0) is 36.2 Å². The summed E-state index contributed by atoms with van der Waals surface area (Å²) in [5.41, 5.74) is 2.29. The van der Waals surface area contributed by atoms with Crippen molar-refractivity contribution < 1.29 is 5.11 Å². The summed E-state index contributed by atoms with van der Waals surface area (Å²) < 4.78 is 0. The molecular weight excluding hydrogens is 222 g/mol. The van der Waals surface area contributed by atoms with E-state index in [0.29, 0.717) is 6.42 Å². The van der Waals surface area contributed by atoms with E-state index in [-0.39, 0.29) is 12.5 Å². The lowest BCUT2D eigenvalue weighted by Gasteiger charge is -2.15.